The molecule has 1 rings (SSSR count). The zero-order chi connectivity index (χ0) is 13.4. The summed E-state index contributed by atoms with van der Waals surface area (Å²) in [5, 5.41) is 15.2. The molecule has 5 nitrogen and oxygen atoms in total. The second kappa shape index (κ2) is 7.45. The number of hydrogen-bond donors (Lipinski definition) is 2. The summed E-state index contributed by atoms with van der Waals surface area (Å²) >= 11 is 0. The summed E-state index contributed by atoms with van der Waals surface area (Å²) in [6, 6.07) is 7.01. The average molecular weight is 250 g/mol. The lowest BCUT2D eigenvalue weighted by Crippen LogP contribution is -2.29. The van der Waals surface area contributed by atoms with Crippen molar-refractivity contribution in [2.45, 2.75) is 6.92 Å². The number of oxime groups is 1. The number of hydrogen-bond acceptors (Lipinski definition) is 4. The Bertz CT molecular complexity index is 401. The van der Waals surface area contributed by atoms with Gasteiger partial charge in [-0.2, -0.15) is 0 Å². The molecule has 0 radical (unpaired) electrons. The predicted octanol–water partition coefficient (Wildman–Crippen LogP) is 1.03. The van der Waals surface area contributed by atoms with Crippen molar-refractivity contribution in [2.75, 3.05) is 20.3 Å². The third-order valence-corrected chi connectivity index (χ3v) is 2.40. The maximum atomic E-state index is 11.7. The SMILES string of the molecule is CO/N=C/c1ccc(C(=O)NCC(C)CO)cc1. The molecule has 2 N–H and O–H groups in total. The molecule has 1 atom stereocenters. The van der Waals surface area contributed by atoms with Crippen molar-refractivity contribution in [1.82, 2.24) is 5.32 Å². The zero-order valence-electron chi connectivity index (χ0n) is 10.6. The summed E-state index contributed by atoms with van der Waals surface area (Å²) in [5.74, 6) is -0.0902. The lowest BCUT2D eigenvalue weighted by atomic mass is 10.1. The Labute approximate surface area is 106 Å². The number of carbonyl (C=O) groups excluding carboxylic acids is 1. The summed E-state index contributed by atoms with van der Waals surface area (Å²) in [4.78, 5) is 16.3. The molecule has 0 saturated carbocycles. The molecule has 0 aromatic heterocycles. The number of nitrogens with one attached hydrogen (secondary N) is 1. The molecule has 5 heteroatoms. The van der Waals surface area contributed by atoms with Gasteiger partial charge in [0, 0.05) is 18.7 Å². The van der Waals surface area contributed by atoms with Crippen LogP contribution in [-0.2, 0) is 4.84 Å². The van der Waals surface area contributed by atoms with Gasteiger partial charge in [-0.1, -0.05) is 24.2 Å². The van der Waals surface area contributed by atoms with Gasteiger partial charge in [-0.15, -0.1) is 0 Å². The van der Waals surface area contributed by atoms with Gasteiger partial charge in [-0.3, -0.25) is 4.79 Å². The van der Waals surface area contributed by atoms with Gasteiger partial charge in [-0.25, -0.2) is 0 Å². The largest absolute Gasteiger partial charge is 0.399 e. The van der Waals surface area contributed by atoms with Gasteiger partial charge in [0.05, 0.1) is 6.21 Å². The number of aliphatic hydroxyl groups excluding tert-OH is 1. The fraction of sp³-hybridized carbons (Fsp3) is 0.385. The molecule has 0 saturated heterocycles. The van der Waals surface area contributed by atoms with Crippen molar-refractivity contribution in [3.05, 3.63) is 35.4 Å². The van der Waals surface area contributed by atoms with Crippen LogP contribution in [0.25, 0.3) is 0 Å². The van der Waals surface area contributed by atoms with E-state index in [9.17, 15) is 4.79 Å². The summed E-state index contributed by atoms with van der Waals surface area (Å²) in [6.07, 6.45) is 1.56. The van der Waals surface area contributed by atoms with E-state index in [-0.39, 0.29) is 18.4 Å². The Hall–Kier alpha value is -1.88. The van der Waals surface area contributed by atoms with E-state index in [4.69, 9.17) is 5.11 Å². The van der Waals surface area contributed by atoms with Crippen LogP contribution in [-0.4, -0.2) is 37.5 Å². The fourth-order valence-corrected chi connectivity index (χ4v) is 1.27. The normalized spacial score (nSPS) is 12.4. The highest BCUT2D eigenvalue weighted by molar-refractivity contribution is 5.95. The smallest absolute Gasteiger partial charge is 0.251 e. The highest BCUT2D eigenvalue weighted by Crippen LogP contribution is 2.03. The monoisotopic (exact) mass is 250 g/mol. The molecule has 1 unspecified atom stereocenters. The van der Waals surface area contributed by atoms with Crippen molar-refractivity contribution in [3.8, 4) is 0 Å². The molecule has 0 spiro atoms. The molecule has 18 heavy (non-hydrogen) atoms. The second-order valence-corrected chi connectivity index (χ2v) is 4.04. The number of nitrogens with zero attached hydrogens (tertiary/aromatic N) is 1. The third-order valence-electron chi connectivity index (χ3n) is 2.40. The van der Waals surface area contributed by atoms with Crippen molar-refractivity contribution < 1.29 is 14.7 Å². The highest BCUT2D eigenvalue weighted by Gasteiger charge is 2.06. The summed E-state index contributed by atoms with van der Waals surface area (Å²) < 4.78 is 0. The Balaban J connectivity index is 2.56. The van der Waals surface area contributed by atoms with E-state index in [1.165, 1.54) is 7.11 Å². The molecule has 0 aliphatic rings. The molecular weight excluding hydrogens is 232 g/mol. The van der Waals surface area contributed by atoms with E-state index >= 15 is 0 Å². The molecule has 0 aliphatic heterocycles. The van der Waals surface area contributed by atoms with Crippen LogP contribution in [0.15, 0.2) is 29.4 Å². The van der Waals surface area contributed by atoms with Gasteiger partial charge in [0.15, 0.2) is 0 Å². The van der Waals surface area contributed by atoms with Crippen LogP contribution in [0, 0.1) is 5.92 Å². The summed E-state index contributed by atoms with van der Waals surface area (Å²) in [6.45, 7) is 2.39. The lowest BCUT2D eigenvalue weighted by molar-refractivity contribution is 0.0942. The van der Waals surface area contributed by atoms with E-state index in [2.05, 4.69) is 15.3 Å². The van der Waals surface area contributed by atoms with Crippen molar-refractivity contribution >= 4 is 12.1 Å². The van der Waals surface area contributed by atoms with Crippen molar-refractivity contribution in [1.29, 1.82) is 0 Å². The number of rotatable bonds is 6. The summed E-state index contributed by atoms with van der Waals surface area (Å²) in [7, 11) is 1.47. The Morgan fingerprint density at radius 2 is 2.17 bits per heavy atom. The Morgan fingerprint density at radius 1 is 1.50 bits per heavy atom. The molecule has 0 aliphatic carbocycles. The van der Waals surface area contributed by atoms with Crippen LogP contribution in [0.1, 0.15) is 22.8 Å². The fourth-order valence-electron chi connectivity index (χ4n) is 1.27. The third kappa shape index (κ3) is 4.55. The minimum absolute atomic E-state index is 0.0575. The highest BCUT2D eigenvalue weighted by atomic mass is 16.6. The maximum absolute atomic E-state index is 11.7. The first-order valence-corrected chi connectivity index (χ1v) is 5.73. The number of carbonyl (C=O) groups is 1. The molecule has 1 amide bonds. The van der Waals surface area contributed by atoms with Crippen LogP contribution in [0.5, 0.6) is 0 Å². The molecule has 0 fully saturated rings. The van der Waals surface area contributed by atoms with Crippen LogP contribution >= 0.6 is 0 Å². The standard InChI is InChI=1S/C13H18N2O3/c1-10(9-16)7-14-13(17)12-5-3-11(4-6-12)8-15-18-2/h3-6,8,10,16H,7,9H2,1-2H3,(H,14,17)/b15-8+. The second-order valence-electron chi connectivity index (χ2n) is 4.04. The molecule has 0 heterocycles. The van der Waals surface area contributed by atoms with Crippen LogP contribution < -0.4 is 5.32 Å². The van der Waals surface area contributed by atoms with Crippen LogP contribution in [0.2, 0.25) is 0 Å². The van der Waals surface area contributed by atoms with E-state index in [1.54, 1.807) is 30.5 Å². The van der Waals surface area contributed by atoms with Gasteiger partial charge >= 0.3 is 0 Å². The topological polar surface area (TPSA) is 70.9 Å². The zero-order valence-corrected chi connectivity index (χ0v) is 10.6. The maximum Gasteiger partial charge on any atom is 0.251 e. The van der Waals surface area contributed by atoms with Gasteiger partial charge < -0.3 is 15.3 Å². The van der Waals surface area contributed by atoms with Gasteiger partial charge in [-0.05, 0) is 23.6 Å². The Morgan fingerprint density at radius 3 is 2.72 bits per heavy atom. The van der Waals surface area contributed by atoms with E-state index in [1.807, 2.05) is 6.92 Å². The average Bonchev–Trinajstić information content (AvgIpc) is 2.42. The lowest BCUT2D eigenvalue weighted by Gasteiger charge is -2.09. The van der Waals surface area contributed by atoms with Crippen LogP contribution in [0.3, 0.4) is 0 Å². The molecule has 98 valence electrons. The molecular formula is C13H18N2O3. The van der Waals surface area contributed by atoms with E-state index in [0.717, 1.165) is 5.56 Å². The molecule has 0 bridgehead atoms. The van der Waals surface area contributed by atoms with Crippen molar-refractivity contribution in [3.63, 3.8) is 0 Å². The van der Waals surface area contributed by atoms with Crippen LogP contribution in [0.4, 0.5) is 0 Å². The van der Waals surface area contributed by atoms with E-state index in [0.29, 0.717) is 12.1 Å². The Kier molecular flexibility index (Phi) is 5.87. The van der Waals surface area contributed by atoms with E-state index < -0.39 is 0 Å². The predicted molar refractivity (Wildman–Crippen MR) is 69.6 cm³/mol. The van der Waals surface area contributed by atoms with Gasteiger partial charge in [0.1, 0.15) is 7.11 Å². The minimum Gasteiger partial charge on any atom is -0.399 e. The summed E-state index contributed by atoms with van der Waals surface area (Å²) in [5.41, 5.74) is 1.44. The molecule has 1 aromatic rings. The first kappa shape index (κ1) is 14.2. The number of amides is 1. The first-order chi connectivity index (χ1) is 8.67. The quantitative estimate of drug-likeness (QED) is 0.585. The van der Waals surface area contributed by atoms with Crippen molar-refractivity contribution in [2.24, 2.45) is 11.1 Å². The first-order valence-electron chi connectivity index (χ1n) is 5.73. The number of benzene rings is 1. The van der Waals surface area contributed by atoms with Gasteiger partial charge in [0.2, 0.25) is 0 Å². The van der Waals surface area contributed by atoms with Gasteiger partial charge in [0.25, 0.3) is 5.91 Å². The minimum atomic E-state index is -0.148. The molecule has 1 aromatic carbocycles. The number of aliphatic hydroxyl groups is 1.